The first-order chi connectivity index (χ1) is 12.2. The second kappa shape index (κ2) is 6.59. The summed E-state index contributed by atoms with van der Waals surface area (Å²) in [6, 6.07) is 7.69. The molecule has 0 aliphatic heterocycles. The molecule has 4 aliphatic rings. The van der Waals surface area contributed by atoms with Crippen LogP contribution in [0.5, 0.6) is 5.75 Å². The third-order valence-corrected chi connectivity index (χ3v) is 6.27. The van der Waals surface area contributed by atoms with E-state index in [4.69, 9.17) is 15.0 Å². The van der Waals surface area contributed by atoms with Gasteiger partial charge in [-0.25, -0.2) is 0 Å². The molecule has 2 N–H and O–H groups in total. The zero-order chi connectivity index (χ0) is 17.3. The minimum absolute atomic E-state index is 0.361. The summed E-state index contributed by atoms with van der Waals surface area (Å²) in [5.41, 5.74) is 1.18. The van der Waals surface area contributed by atoms with Gasteiger partial charge in [-0.1, -0.05) is 12.1 Å². The van der Waals surface area contributed by atoms with Gasteiger partial charge in [0.05, 0.1) is 12.8 Å². The van der Waals surface area contributed by atoms with Crippen LogP contribution in [0.15, 0.2) is 29.3 Å². The predicted octanol–water partition coefficient (Wildman–Crippen LogP) is 3.75. The summed E-state index contributed by atoms with van der Waals surface area (Å²) in [5.74, 6) is 4.00. The van der Waals surface area contributed by atoms with E-state index in [9.17, 15) is 0 Å². The number of guanidine groups is 1. The topological polar surface area (TPSA) is 69.4 Å². The smallest absolute Gasteiger partial charge is 0.209 e. The molecular formula is C20H26N4O. The zero-order valence-corrected chi connectivity index (χ0v) is 14.8. The number of nitrogens with zero attached hydrogens (tertiary/aromatic N) is 2. The van der Waals surface area contributed by atoms with Crippen LogP contribution in [-0.4, -0.2) is 19.6 Å². The summed E-state index contributed by atoms with van der Waals surface area (Å²) >= 11 is 0. The third kappa shape index (κ3) is 3.30. The Kier molecular flexibility index (Phi) is 4.29. The van der Waals surface area contributed by atoms with Gasteiger partial charge in [-0.05, 0) is 73.8 Å². The van der Waals surface area contributed by atoms with Gasteiger partial charge in [0, 0.05) is 6.54 Å². The van der Waals surface area contributed by atoms with Gasteiger partial charge in [-0.3, -0.25) is 10.3 Å². The average molecular weight is 338 g/mol. The number of nitriles is 1. The van der Waals surface area contributed by atoms with Gasteiger partial charge in [0.15, 0.2) is 6.19 Å². The van der Waals surface area contributed by atoms with Crippen molar-refractivity contribution in [2.75, 3.05) is 19.0 Å². The van der Waals surface area contributed by atoms with Crippen LogP contribution in [-0.2, 0) is 0 Å². The normalized spacial score (nSPS) is 33.0. The molecule has 0 saturated heterocycles. The van der Waals surface area contributed by atoms with Gasteiger partial charge in [0.25, 0.3) is 0 Å². The van der Waals surface area contributed by atoms with E-state index in [1.807, 2.05) is 30.5 Å². The molecule has 0 spiro atoms. The second-order valence-electron chi connectivity index (χ2n) is 8.14. The minimum Gasteiger partial charge on any atom is -0.495 e. The first-order valence-electron chi connectivity index (χ1n) is 9.29. The first kappa shape index (κ1) is 16.3. The van der Waals surface area contributed by atoms with E-state index in [1.165, 1.54) is 38.5 Å². The second-order valence-corrected chi connectivity index (χ2v) is 8.14. The van der Waals surface area contributed by atoms with E-state index in [0.717, 1.165) is 35.7 Å². The highest BCUT2D eigenvalue weighted by atomic mass is 16.5. The van der Waals surface area contributed by atoms with Crippen LogP contribution in [0.4, 0.5) is 5.69 Å². The first-order valence-corrected chi connectivity index (χ1v) is 9.29. The van der Waals surface area contributed by atoms with Crippen molar-refractivity contribution in [3.05, 3.63) is 24.3 Å². The van der Waals surface area contributed by atoms with E-state index in [2.05, 4.69) is 10.6 Å². The zero-order valence-electron chi connectivity index (χ0n) is 14.8. The third-order valence-electron chi connectivity index (χ3n) is 6.27. The number of hydrogen-bond acceptors (Lipinski definition) is 3. The highest BCUT2D eigenvalue weighted by Gasteiger charge is 2.50. The lowest BCUT2D eigenvalue weighted by Crippen LogP contribution is -2.47. The van der Waals surface area contributed by atoms with Crippen LogP contribution in [0.2, 0.25) is 0 Å². The summed E-state index contributed by atoms with van der Waals surface area (Å²) in [5, 5.41) is 15.0. The lowest BCUT2D eigenvalue weighted by atomic mass is 9.49. The van der Waals surface area contributed by atoms with E-state index >= 15 is 0 Å². The Bertz CT molecular complexity index is 671. The van der Waals surface area contributed by atoms with E-state index in [0.29, 0.717) is 11.4 Å². The lowest BCUT2D eigenvalue weighted by molar-refractivity contribution is -0.0465. The van der Waals surface area contributed by atoms with Crippen molar-refractivity contribution < 1.29 is 4.74 Å². The van der Waals surface area contributed by atoms with Crippen molar-refractivity contribution in [1.82, 2.24) is 5.32 Å². The highest BCUT2D eigenvalue weighted by molar-refractivity contribution is 5.95. The van der Waals surface area contributed by atoms with Gasteiger partial charge >= 0.3 is 0 Å². The Labute approximate surface area is 149 Å². The number of para-hydroxylation sites is 2. The monoisotopic (exact) mass is 338 g/mol. The van der Waals surface area contributed by atoms with Gasteiger partial charge in [0.1, 0.15) is 5.75 Å². The van der Waals surface area contributed by atoms with Crippen molar-refractivity contribution in [3.8, 4) is 11.9 Å². The van der Waals surface area contributed by atoms with E-state index in [-0.39, 0.29) is 0 Å². The van der Waals surface area contributed by atoms with Crippen molar-refractivity contribution in [1.29, 1.82) is 5.26 Å². The lowest BCUT2D eigenvalue weighted by Gasteiger charge is -2.56. The molecule has 4 aliphatic carbocycles. The molecule has 4 saturated carbocycles. The Morgan fingerprint density at radius 2 is 1.84 bits per heavy atom. The molecule has 1 aromatic rings. The number of hydrogen-bond donors (Lipinski definition) is 2. The summed E-state index contributed by atoms with van der Waals surface area (Å²) in [6.07, 6.45) is 10.3. The SMILES string of the molecule is COc1ccccc1NC(=NCC12CC3CC(CC(C3)C1)C2)NC#N. The molecule has 25 heavy (non-hydrogen) atoms. The van der Waals surface area contributed by atoms with Gasteiger partial charge in [0.2, 0.25) is 5.96 Å². The molecule has 0 amide bonds. The fraction of sp³-hybridized carbons (Fsp3) is 0.600. The number of benzene rings is 1. The van der Waals surface area contributed by atoms with Crippen LogP contribution in [0.1, 0.15) is 38.5 Å². The van der Waals surface area contributed by atoms with Crippen molar-refractivity contribution in [2.45, 2.75) is 38.5 Å². The maximum Gasteiger partial charge on any atom is 0.209 e. The highest BCUT2D eigenvalue weighted by Crippen LogP contribution is 2.60. The Hall–Kier alpha value is -2.22. The number of ether oxygens (including phenoxy) is 1. The number of nitrogens with one attached hydrogen (secondary N) is 2. The molecule has 5 heteroatoms. The molecule has 5 rings (SSSR count). The van der Waals surface area contributed by atoms with Gasteiger partial charge in [-0.15, -0.1) is 0 Å². The molecule has 0 radical (unpaired) electrons. The summed E-state index contributed by atoms with van der Waals surface area (Å²) in [6.45, 7) is 0.808. The molecule has 1 aromatic carbocycles. The molecule has 0 unspecified atom stereocenters. The van der Waals surface area contributed by atoms with E-state index in [1.54, 1.807) is 7.11 Å². The summed E-state index contributed by atoms with van der Waals surface area (Å²) in [4.78, 5) is 4.79. The summed E-state index contributed by atoms with van der Waals surface area (Å²) in [7, 11) is 1.64. The number of aliphatic imine (C=N–C) groups is 1. The quantitative estimate of drug-likeness (QED) is 0.380. The molecule has 0 atom stereocenters. The van der Waals surface area contributed by atoms with Crippen LogP contribution >= 0.6 is 0 Å². The fourth-order valence-corrected chi connectivity index (χ4v) is 5.77. The van der Waals surface area contributed by atoms with Crippen molar-refractivity contribution >= 4 is 11.6 Å². The minimum atomic E-state index is 0.361. The molecule has 0 aromatic heterocycles. The number of methoxy groups -OCH3 is 1. The van der Waals surface area contributed by atoms with E-state index < -0.39 is 0 Å². The largest absolute Gasteiger partial charge is 0.495 e. The molecule has 0 heterocycles. The van der Waals surface area contributed by atoms with Crippen LogP contribution in [0.3, 0.4) is 0 Å². The Morgan fingerprint density at radius 1 is 1.20 bits per heavy atom. The number of anilines is 1. The molecular weight excluding hydrogens is 312 g/mol. The van der Waals surface area contributed by atoms with Crippen molar-refractivity contribution in [2.24, 2.45) is 28.2 Å². The molecule has 132 valence electrons. The molecule has 4 bridgehead atoms. The standard InChI is InChI=1S/C20H26N4O/c1-25-18-5-3-2-4-17(18)24-19(23-13-21)22-12-20-9-14-6-15(10-20)8-16(7-14)11-20/h2-5,14-16H,6-12H2,1H3,(H2,22,23,24). The maximum absolute atomic E-state index is 9.09. The Morgan fingerprint density at radius 3 is 2.44 bits per heavy atom. The van der Waals surface area contributed by atoms with Crippen LogP contribution in [0, 0.1) is 34.6 Å². The maximum atomic E-state index is 9.09. The van der Waals surface area contributed by atoms with Gasteiger partial charge in [-0.2, -0.15) is 5.26 Å². The van der Waals surface area contributed by atoms with Crippen LogP contribution < -0.4 is 15.4 Å². The Balaban J connectivity index is 1.50. The van der Waals surface area contributed by atoms with Crippen LogP contribution in [0.25, 0.3) is 0 Å². The summed E-state index contributed by atoms with van der Waals surface area (Å²) < 4.78 is 5.37. The predicted molar refractivity (Wildman–Crippen MR) is 98.3 cm³/mol. The molecule has 5 nitrogen and oxygen atoms in total. The average Bonchev–Trinajstić information content (AvgIpc) is 2.59. The van der Waals surface area contributed by atoms with Crippen molar-refractivity contribution in [3.63, 3.8) is 0 Å². The van der Waals surface area contributed by atoms with Gasteiger partial charge < -0.3 is 10.1 Å². The fourth-order valence-electron chi connectivity index (χ4n) is 5.77. The number of rotatable bonds is 4. The molecule has 4 fully saturated rings.